The zero-order chi connectivity index (χ0) is 13.7. The van der Waals surface area contributed by atoms with Crippen LogP contribution in [0.3, 0.4) is 0 Å². The Balaban J connectivity index is 1.87. The second kappa shape index (κ2) is 5.94. The van der Waals surface area contributed by atoms with Crippen molar-refractivity contribution >= 4 is 11.7 Å². The highest BCUT2D eigenvalue weighted by Crippen LogP contribution is 2.03. The van der Waals surface area contributed by atoms with E-state index in [1.807, 2.05) is 0 Å². The number of rotatable bonds is 5. The summed E-state index contributed by atoms with van der Waals surface area (Å²) in [7, 11) is 1.75. The van der Waals surface area contributed by atoms with Gasteiger partial charge in [0.25, 0.3) is 5.91 Å². The smallest absolute Gasteiger partial charge is 0.269 e. The first kappa shape index (κ1) is 13.0. The first-order valence-corrected chi connectivity index (χ1v) is 5.91. The summed E-state index contributed by atoms with van der Waals surface area (Å²) in [5.41, 5.74) is 0.371. The van der Waals surface area contributed by atoms with E-state index in [0.717, 1.165) is 0 Å². The van der Waals surface area contributed by atoms with Crippen LogP contribution in [0.25, 0.3) is 0 Å². The predicted octanol–water partition coefficient (Wildman–Crippen LogP) is 0.787. The highest BCUT2D eigenvalue weighted by Gasteiger charge is 2.08. The van der Waals surface area contributed by atoms with Gasteiger partial charge in [0.2, 0.25) is 5.89 Å². The number of carbonyl (C=O) groups excluding carboxylic acids is 1. The van der Waals surface area contributed by atoms with Crippen molar-refractivity contribution in [2.75, 3.05) is 18.9 Å². The summed E-state index contributed by atoms with van der Waals surface area (Å²) in [4.78, 5) is 20.0. The Morgan fingerprint density at radius 2 is 2.21 bits per heavy atom. The normalized spacial score (nSPS) is 10.2. The van der Waals surface area contributed by atoms with Crippen molar-refractivity contribution in [3.05, 3.63) is 35.6 Å². The van der Waals surface area contributed by atoms with Crippen LogP contribution in [0, 0.1) is 6.92 Å². The van der Waals surface area contributed by atoms with Gasteiger partial charge < -0.3 is 15.2 Å². The SMILES string of the molecule is CNc1cccc(C(=O)NCCc2noc(C)n2)n1. The summed E-state index contributed by atoms with van der Waals surface area (Å²) in [5, 5.41) is 9.39. The lowest BCUT2D eigenvalue weighted by atomic mass is 10.3. The van der Waals surface area contributed by atoms with Crippen molar-refractivity contribution < 1.29 is 9.32 Å². The molecule has 0 aliphatic rings. The number of nitrogens with zero attached hydrogens (tertiary/aromatic N) is 3. The zero-order valence-corrected chi connectivity index (χ0v) is 10.8. The molecule has 7 nitrogen and oxygen atoms in total. The molecule has 2 N–H and O–H groups in total. The largest absolute Gasteiger partial charge is 0.373 e. The molecule has 0 aliphatic heterocycles. The van der Waals surface area contributed by atoms with Gasteiger partial charge in [-0.15, -0.1) is 0 Å². The van der Waals surface area contributed by atoms with E-state index in [9.17, 15) is 4.79 Å². The van der Waals surface area contributed by atoms with Crippen molar-refractivity contribution in [1.29, 1.82) is 0 Å². The summed E-state index contributed by atoms with van der Waals surface area (Å²) >= 11 is 0. The van der Waals surface area contributed by atoms with Gasteiger partial charge in [-0.1, -0.05) is 11.2 Å². The highest BCUT2D eigenvalue weighted by molar-refractivity contribution is 5.92. The van der Waals surface area contributed by atoms with Gasteiger partial charge in [-0.2, -0.15) is 4.98 Å². The molecule has 1 amide bonds. The van der Waals surface area contributed by atoms with Crippen LogP contribution in [0.5, 0.6) is 0 Å². The molecule has 0 radical (unpaired) electrons. The fraction of sp³-hybridized carbons (Fsp3) is 0.333. The Morgan fingerprint density at radius 3 is 2.89 bits per heavy atom. The maximum absolute atomic E-state index is 11.8. The summed E-state index contributed by atoms with van der Waals surface area (Å²) < 4.78 is 4.84. The predicted molar refractivity (Wildman–Crippen MR) is 68.9 cm³/mol. The van der Waals surface area contributed by atoms with Crippen LogP contribution in [-0.4, -0.2) is 34.6 Å². The minimum atomic E-state index is -0.225. The molecular formula is C12H15N5O2. The Morgan fingerprint density at radius 1 is 1.37 bits per heavy atom. The maximum Gasteiger partial charge on any atom is 0.269 e. The number of hydrogen-bond donors (Lipinski definition) is 2. The lowest BCUT2D eigenvalue weighted by Crippen LogP contribution is -2.26. The lowest BCUT2D eigenvalue weighted by Gasteiger charge is -2.04. The number of aryl methyl sites for hydroxylation is 1. The molecule has 0 saturated heterocycles. The number of amides is 1. The minimum absolute atomic E-state index is 0.225. The molecule has 2 rings (SSSR count). The van der Waals surface area contributed by atoms with Crippen molar-refractivity contribution in [3.63, 3.8) is 0 Å². The van der Waals surface area contributed by atoms with Gasteiger partial charge in [-0.3, -0.25) is 4.79 Å². The first-order chi connectivity index (χ1) is 9.19. The number of carbonyl (C=O) groups is 1. The third kappa shape index (κ3) is 3.51. The lowest BCUT2D eigenvalue weighted by molar-refractivity contribution is 0.0949. The standard InChI is InChI=1S/C12H15N5O2/c1-8-15-11(17-19-8)6-7-14-12(18)9-4-3-5-10(13-2)16-9/h3-5H,6-7H2,1-2H3,(H,13,16)(H,14,18). The van der Waals surface area contributed by atoms with Crippen molar-refractivity contribution in [1.82, 2.24) is 20.4 Å². The van der Waals surface area contributed by atoms with Crippen LogP contribution < -0.4 is 10.6 Å². The number of anilines is 1. The monoisotopic (exact) mass is 261 g/mol. The van der Waals surface area contributed by atoms with Gasteiger partial charge in [0.05, 0.1) is 0 Å². The second-order valence-electron chi connectivity index (χ2n) is 3.89. The van der Waals surface area contributed by atoms with Gasteiger partial charge in [-0.25, -0.2) is 4.98 Å². The molecular weight excluding hydrogens is 246 g/mol. The van der Waals surface area contributed by atoms with E-state index in [0.29, 0.717) is 36.2 Å². The Bertz CT molecular complexity index is 567. The third-order valence-corrected chi connectivity index (χ3v) is 2.44. The van der Waals surface area contributed by atoms with Gasteiger partial charge >= 0.3 is 0 Å². The van der Waals surface area contributed by atoms with Crippen LogP contribution in [0.15, 0.2) is 22.7 Å². The molecule has 0 saturated carbocycles. The van der Waals surface area contributed by atoms with E-state index in [-0.39, 0.29) is 5.91 Å². The molecule has 0 atom stereocenters. The number of aromatic nitrogens is 3. The van der Waals surface area contributed by atoms with E-state index in [1.54, 1.807) is 32.2 Å². The minimum Gasteiger partial charge on any atom is -0.373 e. The molecule has 0 fully saturated rings. The number of hydrogen-bond acceptors (Lipinski definition) is 6. The second-order valence-corrected chi connectivity index (χ2v) is 3.89. The average molecular weight is 261 g/mol. The molecule has 19 heavy (non-hydrogen) atoms. The van der Waals surface area contributed by atoms with E-state index in [2.05, 4.69) is 25.8 Å². The number of nitrogens with one attached hydrogen (secondary N) is 2. The highest BCUT2D eigenvalue weighted by atomic mass is 16.5. The fourth-order valence-electron chi connectivity index (χ4n) is 1.52. The van der Waals surface area contributed by atoms with Crippen molar-refractivity contribution in [2.45, 2.75) is 13.3 Å². The topological polar surface area (TPSA) is 92.9 Å². The molecule has 7 heteroatoms. The summed E-state index contributed by atoms with van der Waals surface area (Å²) in [6.45, 7) is 2.16. The van der Waals surface area contributed by atoms with Crippen LogP contribution in [0.1, 0.15) is 22.2 Å². The quantitative estimate of drug-likeness (QED) is 0.826. The van der Waals surface area contributed by atoms with E-state index in [4.69, 9.17) is 4.52 Å². The Kier molecular flexibility index (Phi) is 4.07. The first-order valence-electron chi connectivity index (χ1n) is 5.91. The van der Waals surface area contributed by atoms with Gasteiger partial charge in [0, 0.05) is 26.9 Å². The van der Waals surface area contributed by atoms with Crippen LogP contribution >= 0.6 is 0 Å². The zero-order valence-electron chi connectivity index (χ0n) is 10.8. The average Bonchev–Trinajstić information content (AvgIpc) is 2.84. The third-order valence-electron chi connectivity index (χ3n) is 2.44. The van der Waals surface area contributed by atoms with Crippen molar-refractivity contribution in [2.24, 2.45) is 0 Å². The summed E-state index contributed by atoms with van der Waals surface area (Å²) in [6, 6.07) is 5.23. The van der Waals surface area contributed by atoms with E-state index < -0.39 is 0 Å². The van der Waals surface area contributed by atoms with Crippen molar-refractivity contribution in [3.8, 4) is 0 Å². The van der Waals surface area contributed by atoms with E-state index >= 15 is 0 Å². The fourth-order valence-corrected chi connectivity index (χ4v) is 1.52. The van der Waals surface area contributed by atoms with Gasteiger partial charge in [-0.05, 0) is 12.1 Å². The molecule has 0 aliphatic carbocycles. The Hall–Kier alpha value is -2.44. The Labute approximate surface area is 110 Å². The van der Waals surface area contributed by atoms with Gasteiger partial charge in [0.15, 0.2) is 5.82 Å². The van der Waals surface area contributed by atoms with E-state index in [1.165, 1.54) is 0 Å². The number of pyridine rings is 1. The van der Waals surface area contributed by atoms with Crippen LogP contribution in [0.4, 0.5) is 5.82 Å². The van der Waals surface area contributed by atoms with Crippen LogP contribution in [0.2, 0.25) is 0 Å². The molecule has 100 valence electrons. The summed E-state index contributed by atoms with van der Waals surface area (Å²) in [6.07, 6.45) is 0.523. The molecule has 0 unspecified atom stereocenters. The molecule has 2 aromatic rings. The molecule has 0 bridgehead atoms. The molecule has 2 heterocycles. The molecule has 0 spiro atoms. The maximum atomic E-state index is 11.8. The molecule has 2 aromatic heterocycles. The van der Waals surface area contributed by atoms with Crippen LogP contribution in [-0.2, 0) is 6.42 Å². The molecule has 0 aromatic carbocycles. The summed E-state index contributed by atoms with van der Waals surface area (Å²) in [5.74, 6) is 1.53. The van der Waals surface area contributed by atoms with Gasteiger partial charge in [0.1, 0.15) is 11.5 Å².